The molecule has 0 saturated carbocycles. The Labute approximate surface area is 109 Å². The molecule has 2 heterocycles. The van der Waals surface area contributed by atoms with Crippen molar-refractivity contribution < 1.29 is 4.74 Å². The molecule has 2 aliphatic rings. The molecular formula is C15H22N2O. The summed E-state index contributed by atoms with van der Waals surface area (Å²) in [6, 6.07) is 6.85. The second-order valence-corrected chi connectivity index (χ2v) is 5.32. The van der Waals surface area contributed by atoms with Gasteiger partial charge in [-0.05, 0) is 30.5 Å². The Bertz CT molecular complexity index is 413. The molecule has 1 aromatic carbocycles. The van der Waals surface area contributed by atoms with Gasteiger partial charge in [0.2, 0.25) is 0 Å². The van der Waals surface area contributed by atoms with Gasteiger partial charge in [-0.1, -0.05) is 12.1 Å². The zero-order valence-corrected chi connectivity index (χ0v) is 11.2. The maximum absolute atomic E-state index is 5.39. The van der Waals surface area contributed by atoms with Crippen LogP contribution in [0.25, 0.3) is 0 Å². The van der Waals surface area contributed by atoms with Gasteiger partial charge >= 0.3 is 0 Å². The van der Waals surface area contributed by atoms with Crippen molar-refractivity contribution in [1.29, 1.82) is 0 Å². The van der Waals surface area contributed by atoms with Crippen molar-refractivity contribution in [3.63, 3.8) is 0 Å². The maximum Gasteiger partial charge on any atom is 0.0594 e. The maximum atomic E-state index is 5.39. The zero-order chi connectivity index (χ0) is 12.4. The van der Waals surface area contributed by atoms with E-state index >= 15 is 0 Å². The highest BCUT2D eigenvalue weighted by Crippen LogP contribution is 2.28. The SMILES string of the molecule is Cc1ccc2c(c1)N(CCN1CCOCC1)CC2. The standard InChI is InChI=1S/C15H22N2O/c1-13-2-3-14-4-5-17(15(14)12-13)7-6-16-8-10-18-11-9-16/h2-3,12H,4-11H2,1H3. The second-order valence-electron chi connectivity index (χ2n) is 5.32. The first-order chi connectivity index (χ1) is 8.83. The number of rotatable bonds is 3. The first-order valence-corrected chi connectivity index (χ1v) is 6.97. The van der Waals surface area contributed by atoms with Crippen LogP contribution in [-0.4, -0.2) is 50.8 Å². The van der Waals surface area contributed by atoms with Gasteiger partial charge in [0.25, 0.3) is 0 Å². The lowest BCUT2D eigenvalue weighted by Crippen LogP contribution is -2.41. The Morgan fingerprint density at radius 3 is 2.78 bits per heavy atom. The fourth-order valence-corrected chi connectivity index (χ4v) is 2.87. The lowest BCUT2D eigenvalue weighted by molar-refractivity contribution is 0.0392. The molecule has 0 atom stereocenters. The van der Waals surface area contributed by atoms with Crippen molar-refractivity contribution in [1.82, 2.24) is 4.90 Å². The van der Waals surface area contributed by atoms with Gasteiger partial charge in [0.05, 0.1) is 13.2 Å². The largest absolute Gasteiger partial charge is 0.379 e. The molecule has 3 rings (SSSR count). The predicted molar refractivity (Wildman–Crippen MR) is 74.4 cm³/mol. The molecule has 0 N–H and O–H groups in total. The molecule has 0 radical (unpaired) electrons. The number of aryl methyl sites for hydroxylation is 1. The quantitative estimate of drug-likeness (QED) is 0.807. The van der Waals surface area contributed by atoms with Gasteiger partial charge in [0.1, 0.15) is 0 Å². The van der Waals surface area contributed by atoms with E-state index < -0.39 is 0 Å². The minimum Gasteiger partial charge on any atom is -0.379 e. The summed E-state index contributed by atoms with van der Waals surface area (Å²) in [6.45, 7) is 9.66. The molecule has 18 heavy (non-hydrogen) atoms. The molecule has 0 bridgehead atoms. The molecule has 2 aliphatic heterocycles. The van der Waals surface area contributed by atoms with Crippen LogP contribution in [0, 0.1) is 6.92 Å². The first-order valence-electron chi connectivity index (χ1n) is 6.97. The van der Waals surface area contributed by atoms with E-state index in [1.54, 1.807) is 0 Å². The van der Waals surface area contributed by atoms with E-state index in [0.29, 0.717) is 0 Å². The summed E-state index contributed by atoms with van der Waals surface area (Å²) in [5.74, 6) is 0. The van der Waals surface area contributed by atoms with Gasteiger partial charge < -0.3 is 9.64 Å². The minimum absolute atomic E-state index is 0.899. The molecule has 1 fully saturated rings. The molecule has 0 aromatic heterocycles. The Morgan fingerprint density at radius 1 is 1.11 bits per heavy atom. The van der Waals surface area contributed by atoms with Crippen LogP contribution in [0.3, 0.4) is 0 Å². The summed E-state index contributed by atoms with van der Waals surface area (Å²) in [5.41, 5.74) is 4.35. The lowest BCUT2D eigenvalue weighted by atomic mass is 10.1. The molecule has 0 unspecified atom stereocenters. The van der Waals surface area contributed by atoms with Crippen molar-refractivity contribution in [3.8, 4) is 0 Å². The van der Waals surface area contributed by atoms with Gasteiger partial charge in [-0.3, -0.25) is 4.90 Å². The Morgan fingerprint density at radius 2 is 1.94 bits per heavy atom. The lowest BCUT2D eigenvalue weighted by Gasteiger charge is -2.29. The third kappa shape index (κ3) is 2.52. The minimum atomic E-state index is 0.899. The van der Waals surface area contributed by atoms with Crippen LogP contribution in [0.5, 0.6) is 0 Å². The average Bonchev–Trinajstić information content (AvgIpc) is 2.80. The Kier molecular flexibility index (Phi) is 3.52. The van der Waals surface area contributed by atoms with Crippen LogP contribution in [0.1, 0.15) is 11.1 Å². The second kappa shape index (κ2) is 5.29. The summed E-state index contributed by atoms with van der Waals surface area (Å²) in [7, 11) is 0. The van der Waals surface area contributed by atoms with Gasteiger partial charge in [-0.15, -0.1) is 0 Å². The van der Waals surface area contributed by atoms with Crippen molar-refractivity contribution in [2.75, 3.05) is 50.8 Å². The normalized spacial score (nSPS) is 20.2. The topological polar surface area (TPSA) is 15.7 Å². The number of nitrogens with zero attached hydrogens (tertiary/aromatic N) is 2. The monoisotopic (exact) mass is 246 g/mol. The van der Waals surface area contributed by atoms with Gasteiger partial charge in [-0.2, -0.15) is 0 Å². The highest BCUT2D eigenvalue weighted by atomic mass is 16.5. The summed E-state index contributed by atoms with van der Waals surface area (Å²) >= 11 is 0. The number of benzene rings is 1. The van der Waals surface area contributed by atoms with E-state index in [2.05, 4.69) is 34.9 Å². The van der Waals surface area contributed by atoms with Crippen molar-refractivity contribution >= 4 is 5.69 Å². The van der Waals surface area contributed by atoms with Crippen LogP contribution in [0.15, 0.2) is 18.2 Å². The van der Waals surface area contributed by atoms with E-state index in [4.69, 9.17) is 4.74 Å². The van der Waals surface area contributed by atoms with Gasteiger partial charge in [0.15, 0.2) is 0 Å². The molecule has 1 saturated heterocycles. The van der Waals surface area contributed by atoms with E-state index in [1.807, 2.05) is 0 Å². The summed E-state index contributed by atoms with van der Waals surface area (Å²) in [4.78, 5) is 5.05. The molecule has 98 valence electrons. The summed E-state index contributed by atoms with van der Waals surface area (Å²) < 4.78 is 5.39. The molecule has 0 spiro atoms. The highest BCUT2D eigenvalue weighted by Gasteiger charge is 2.19. The third-order valence-electron chi connectivity index (χ3n) is 4.02. The Balaban J connectivity index is 1.60. The van der Waals surface area contributed by atoms with Crippen LogP contribution in [-0.2, 0) is 11.2 Å². The van der Waals surface area contributed by atoms with Crippen molar-refractivity contribution in [3.05, 3.63) is 29.3 Å². The van der Waals surface area contributed by atoms with Gasteiger partial charge in [-0.25, -0.2) is 0 Å². The highest BCUT2D eigenvalue weighted by molar-refractivity contribution is 5.59. The molecule has 1 aromatic rings. The fourth-order valence-electron chi connectivity index (χ4n) is 2.87. The number of hydrogen-bond acceptors (Lipinski definition) is 3. The van der Waals surface area contributed by atoms with Crippen LogP contribution >= 0.6 is 0 Å². The molecule has 0 aliphatic carbocycles. The smallest absolute Gasteiger partial charge is 0.0594 e. The molecule has 3 nitrogen and oxygen atoms in total. The fraction of sp³-hybridized carbons (Fsp3) is 0.600. The van der Waals surface area contributed by atoms with Gasteiger partial charge in [0, 0.05) is 38.4 Å². The number of morpholine rings is 1. The predicted octanol–water partition coefficient (Wildman–Crippen LogP) is 1.69. The zero-order valence-electron chi connectivity index (χ0n) is 11.2. The van der Waals surface area contributed by atoms with Crippen LogP contribution in [0.4, 0.5) is 5.69 Å². The van der Waals surface area contributed by atoms with Crippen LogP contribution in [0.2, 0.25) is 0 Å². The molecule has 3 heteroatoms. The number of fused-ring (bicyclic) bond motifs is 1. The number of ether oxygens (including phenoxy) is 1. The first kappa shape index (κ1) is 12.0. The summed E-state index contributed by atoms with van der Waals surface area (Å²) in [6.07, 6.45) is 1.21. The number of anilines is 1. The van der Waals surface area contributed by atoms with E-state index in [0.717, 1.165) is 39.4 Å². The van der Waals surface area contributed by atoms with E-state index in [-0.39, 0.29) is 0 Å². The summed E-state index contributed by atoms with van der Waals surface area (Å²) in [5, 5.41) is 0. The Hall–Kier alpha value is -1.06. The van der Waals surface area contributed by atoms with Crippen molar-refractivity contribution in [2.45, 2.75) is 13.3 Å². The molecule has 0 amide bonds. The van der Waals surface area contributed by atoms with Crippen molar-refractivity contribution in [2.24, 2.45) is 0 Å². The third-order valence-corrected chi connectivity index (χ3v) is 4.02. The van der Waals surface area contributed by atoms with Crippen LogP contribution < -0.4 is 4.90 Å². The van der Waals surface area contributed by atoms with E-state index in [1.165, 1.54) is 29.8 Å². The number of hydrogen-bond donors (Lipinski definition) is 0. The van der Waals surface area contributed by atoms with E-state index in [9.17, 15) is 0 Å². The average molecular weight is 246 g/mol. The molecular weight excluding hydrogens is 224 g/mol.